The van der Waals surface area contributed by atoms with Crippen molar-refractivity contribution in [1.29, 1.82) is 0 Å². The van der Waals surface area contributed by atoms with E-state index in [1.165, 1.54) is 19.3 Å². The van der Waals surface area contributed by atoms with Crippen LogP contribution in [-0.4, -0.2) is 11.6 Å². The van der Waals surface area contributed by atoms with Gasteiger partial charge >= 0.3 is 0 Å². The van der Waals surface area contributed by atoms with Crippen molar-refractivity contribution in [3.63, 3.8) is 0 Å². The highest BCUT2D eigenvalue weighted by Gasteiger charge is 2.75. The molecular formula is C17H20O2. The molecule has 2 heteroatoms. The molecule has 0 radical (unpaired) electrons. The number of hydrogen-bond acceptors (Lipinski definition) is 2. The summed E-state index contributed by atoms with van der Waals surface area (Å²) in [6, 6.07) is 0. The van der Waals surface area contributed by atoms with Gasteiger partial charge in [0, 0.05) is 17.3 Å². The predicted octanol–water partition coefficient (Wildman–Crippen LogP) is 2.77. The standard InChI is InChI=1S/C17H20O2/c1-16(2)14(18)12-9-6-11-8-3-4-10(5-8)17(11,7-9)13(12)15(16)19/h6,8-10,12-13H,3-5,7H2,1-2H3/t8-,9+,10+,12-,13+,17-/m0/s1. The van der Waals surface area contributed by atoms with E-state index in [0.29, 0.717) is 11.8 Å². The van der Waals surface area contributed by atoms with E-state index in [1.54, 1.807) is 5.57 Å². The lowest BCUT2D eigenvalue weighted by atomic mass is 9.62. The molecule has 0 N–H and O–H groups in total. The van der Waals surface area contributed by atoms with E-state index in [2.05, 4.69) is 6.08 Å². The van der Waals surface area contributed by atoms with Crippen LogP contribution in [0.25, 0.3) is 0 Å². The smallest absolute Gasteiger partial charge is 0.150 e. The molecule has 100 valence electrons. The third kappa shape index (κ3) is 0.863. The van der Waals surface area contributed by atoms with Crippen LogP contribution >= 0.6 is 0 Å². The van der Waals surface area contributed by atoms with E-state index >= 15 is 0 Å². The molecule has 4 saturated carbocycles. The lowest BCUT2D eigenvalue weighted by molar-refractivity contribution is -0.135. The Morgan fingerprint density at radius 2 is 1.95 bits per heavy atom. The molecular weight excluding hydrogens is 236 g/mol. The van der Waals surface area contributed by atoms with Crippen molar-refractivity contribution < 1.29 is 9.59 Å². The molecule has 0 aromatic heterocycles. The van der Waals surface area contributed by atoms with Gasteiger partial charge in [-0.15, -0.1) is 0 Å². The predicted molar refractivity (Wildman–Crippen MR) is 70.2 cm³/mol. The number of allylic oxidation sites excluding steroid dienone is 2. The Morgan fingerprint density at radius 1 is 1.16 bits per heavy atom. The number of hydrogen-bond donors (Lipinski definition) is 0. The summed E-state index contributed by atoms with van der Waals surface area (Å²) in [5.74, 6) is 2.44. The summed E-state index contributed by atoms with van der Waals surface area (Å²) in [7, 11) is 0. The van der Waals surface area contributed by atoms with Crippen molar-refractivity contribution in [3.05, 3.63) is 11.6 Å². The van der Waals surface area contributed by atoms with Gasteiger partial charge in [0.15, 0.2) is 5.78 Å². The molecule has 19 heavy (non-hydrogen) atoms. The van der Waals surface area contributed by atoms with Crippen molar-refractivity contribution in [3.8, 4) is 0 Å². The quantitative estimate of drug-likeness (QED) is 0.493. The van der Waals surface area contributed by atoms with E-state index in [1.807, 2.05) is 13.8 Å². The summed E-state index contributed by atoms with van der Waals surface area (Å²) >= 11 is 0. The van der Waals surface area contributed by atoms with E-state index in [4.69, 9.17) is 0 Å². The molecule has 0 saturated heterocycles. The molecule has 0 aromatic rings. The highest BCUT2D eigenvalue weighted by Crippen LogP contribution is 2.76. The molecule has 0 heterocycles. The average molecular weight is 256 g/mol. The molecule has 2 nitrogen and oxygen atoms in total. The zero-order valence-electron chi connectivity index (χ0n) is 11.6. The Kier molecular flexibility index (Phi) is 1.57. The number of fused-ring (bicyclic) bond motifs is 6. The normalized spacial score (nSPS) is 55.7. The topological polar surface area (TPSA) is 34.1 Å². The van der Waals surface area contributed by atoms with Crippen LogP contribution in [0.5, 0.6) is 0 Å². The van der Waals surface area contributed by atoms with E-state index in [-0.39, 0.29) is 28.8 Å². The van der Waals surface area contributed by atoms with Crippen LogP contribution in [0.4, 0.5) is 0 Å². The summed E-state index contributed by atoms with van der Waals surface area (Å²) in [6.45, 7) is 3.72. The number of carbonyl (C=O) groups excluding carboxylic acids is 2. The van der Waals surface area contributed by atoms with Gasteiger partial charge in [-0.1, -0.05) is 11.6 Å². The number of carbonyl (C=O) groups is 2. The number of rotatable bonds is 0. The molecule has 0 aromatic carbocycles. The van der Waals surface area contributed by atoms with E-state index in [9.17, 15) is 9.59 Å². The van der Waals surface area contributed by atoms with Gasteiger partial charge in [-0.25, -0.2) is 0 Å². The van der Waals surface area contributed by atoms with Crippen LogP contribution in [-0.2, 0) is 9.59 Å². The number of ketones is 2. The zero-order valence-corrected chi connectivity index (χ0v) is 11.6. The van der Waals surface area contributed by atoms with Crippen LogP contribution in [0.1, 0.15) is 39.5 Å². The Morgan fingerprint density at radius 3 is 2.74 bits per heavy atom. The third-order valence-electron chi connectivity index (χ3n) is 7.30. The van der Waals surface area contributed by atoms with Gasteiger partial charge in [-0.05, 0) is 57.3 Å². The van der Waals surface area contributed by atoms with Crippen molar-refractivity contribution in [2.45, 2.75) is 39.5 Å². The number of Topliss-reactive ketones (excluding diaryl/α,β-unsaturated/α-hetero) is 2. The summed E-state index contributed by atoms with van der Waals surface area (Å²) in [4.78, 5) is 25.5. The van der Waals surface area contributed by atoms with Gasteiger partial charge in [-0.3, -0.25) is 9.59 Å². The van der Waals surface area contributed by atoms with Crippen LogP contribution < -0.4 is 0 Å². The van der Waals surface area contributed by atoms with Crippen molar-refractivity contribution in [2.24, 2.45) is 40.4 Å². The van der Waals surface area contributed by atoms with Gasteiger partial charge in [-0.2, -0.15) is 0 Å². The first-order valence-corrected chi connectivity index (χ1v) is 7.79. The summed E-state index contributed by atoms with van der Waals surface area (Å²) in [6.07, 6.45) is 7.46. The maximum Gasteiger partial charge on any atom is 0.150 e. The minimum atomic E-state index is -0.716. The molecule has 5 rings (SSSR count). The summed E-state index contributed by atoms with van der Waals surface area (Å²) < 4.78 is 0. The van der Waals surface area contributed by atoms with Crippen LogP contribution in [0, 0.1) is 40.4 Å². The van der Waals surface area contributed by atoms with Crippen molar-refractivity contribution in [1.82, 2.24) is 0 Å². The van der Waals surface area contributed by atoms with Gasteiger partial charge in [0.2, 0.25) is 0 Å². The fourth-order valence-corrected chi connectivity index (χ4v) is 6.63. The van der Waals surface area contributed by atoms with Crippen LogP contribution in [0.15, 0.2) is 11.6 Å². The summed E-state index contributed by atoms with van der Waals surface area (Å²) in [5, 5.41) is 0. The Labute approximate surface area is 113 Å². The molecule has 5 aliphatic rings. The Hall–Kier alpha value is -0.920. The third-order valence-corrected chi connectivity index (χ3v) is 7.30. The van der Waals surface area contributed by atoms with Crippen LogP contribution in [0.2, 0.25) is 0 Å². The summed E-state index contributed by atoms with van der Waals surface area (Å²) in [5.41, 5.74) is 1.03. The maximum absolute atomic E-state index is 12.9. The highest BCUT2D eigenvalue weighted by molar-refractivity contribution is 6.16. The van der Waals surface area contributed by atoms with Gasteiger partial charge in [0.05, 0.1) is 5.41 Å². The second kappa shape index (κ2) is 2.75. The Bertz CT molecular complexity index is 570. The molecule has 0 unspecified atom stereocenters. The highest BCUT2D eigenvalue weighted by atomic mass is 16.2. The van der Waals surface area contributed by atoms with Crippen molar-refractivity contribution >= 4 is 11.6 Å². The minimum Gasteiger partial charge on any atom is -0.298 e. The largest absolute Gasteiger partial charge is 0.298 e. The lowest BCUT2D eigenvalue weighted by Crippen LogP contribution is -2.39. The first kappa shape index (κ1) is 10.8. The first-order valence-electron chi connectivity index (χ1n) is 7.79. The fourth-order valence-electron chi connectivity index (χ4n) is 6.63. The Balaban J connectivity index is 1.73. The lowest BCUT2D eigenvalue weighted by Gasteiger charge is -2.40. The van der Waals surface area contributed by atoms with Crippen LogP contribution in [0.3, 0.4) is 0 Å². The molecule has 0 amide bonds. The monoisotopic (exact) mass is 256 g/mol. The average Bonchev–Trinajstić information content (AvgIpc) is 3.10. The second-order valence-corrected chi connectivity index (χ2v) is 8.09. The maximum atomic E-state index is 12.9. The molecule has 4 bridgehead atoms. The fraction of sp³-hybridized carbons (Fsp3) is 0.765. The SMILES string of the molecule is CC1(C)C(=O)[C@H]2[C@@H]3C=C4[C@H]5CC[C@H](C5)[C@]4(C3)[C@H]2C1=O. The van der Waals surface area contributed by atoms with Gasteiger partial charge in [0.25, 0.3) is 0 Å². The van der Waals surface area contributed by atoms with Crippen molar-refractivity contribution in [2.75, 3.05) is 0 Å². The second-order valence-electron chi connectivity index (χ2n) is 8.09. The molecule has 6 atom stereocenters. The van der Waals surface area contributed by atoms with E-state index in [0.717, 1.165) is 12.3 Å². The molecule has 0 aliphatic heterocycles. The molecule has 1 spiro atoms. The molecule has 4 fully saturated rings. The zero-order chi connectivity index (χ0) is 13.2. The minimum absolute atomic E-state index is 0.0330. The van der Waals surface area contributed by atoms with Gasteiger partial charge in [0.1, 0.15) is 5.78 Å². The van der Waals surface area contributed by atoms with Gasteiger partial charge < -0.3 is 0 Å². The molecule has 5 aliphatic carbocycles. The van der Waals surface area contributed by atoms with E-state index < -0.39 is 5.41 Å². The first-order chi connectivity index (χ1) is 8.98.